The third-order valence-electron chi connectivity index (χ3n) is 3.64. The number of benzene rings is 1. The van der Waals surface area contributed by atoms with E-state index in [1.54, 1.807) is 23.7 Å². The van der Waals surface area contributed by atoms with E-state index >= 15 is 0 Å². The van der Waals surface area contributed by atoms with Gasteiger partial charge in [-0.2, -0.15) is 9.78 Å². The van der Waals surface area contributed by atoms with Crippen LogP contribution in [-0.2, 0) is 0 Å². The first-order valence-electron chi connectivity index (χ1n) is 6.54. The Morgan fingerprint density at radius 2 is 2.05 bits per heavy atom. The maximum Gasteiger partial charge on any atom is 0.288 e. The van der Waals surface area contributed by atoms with Gasteiger partial charge in [0, 0.05) is 5.56 Å². The van der Waals surface area contributed by atoms with E-state index < -0.39 is 6.04 Å². The van der Waals surface area contributed by atoms with E-state index in [0.29, 0.717) is 22.9 Å². The molecule has 1 aliphatic heterocycles. The minimum atomic E-state index is -0.448. The summed E-state index contributed by atoms with van der Waals surface area (Å²) in [6, 6.07) is 5.55. The van der Waals surface area contributed by atoms with Gasteiger partial charge < -0.3 is 5.32 Å². The maximum absolute atomic E-state index is 13.2. The van der Waals surface area contributed by atoms with Crippen molar-refractivity contribution in [2.45, 2.75) is 13.0 Å². The first kappa shape index (κ1) is 12.6. The first-order valence-corrected chi connectivity index (χ1v) is 6.54. The quantitative estimate of drug-likeness (QED) is 0.541. The highest BCUT2D eigenvalue weighted by Crippen LogP contribution is 2.37. The van der Waals surface area contributed by atoms with Gasteiger partial charge in [-0.1, -0.05) is 17.2 Å². The van der Waals surface area contributed by atoms with Crippen molar-refractivity contribution in [3.63, 3.8) is 0 Å². The molecule has 22 heavy (non-hydrogen) atoms. The predicted molar refractivity (Wildman–Crippen MR) is 74.3 cm³/mol. The molecule has 110 valence electrons. The van der Waals surface area contributed by atoms with Gasteiger partial charge in [0.25, 0.3) is 5.56 Å². The van der Waals surface area contributed by atoms with Gasteiger partial charge in [0.1, 0.15) is 17.5 Å². The highest BCUT2D eigenvalue weighted by Gasteiger charge is 2.32. The fraction of sp³-hybridized carbons (Fsp3) is 0.154. The molecule has 0 amide bonds. The Kier molecular flexibility index (Phi) is 2.55. The molecule has 0 unspecified atom stereocenters. The molecule has 2 N–H and O–H groups in total. The summed E-state index contributed by atoms with van der Waals surface area (Å²) in [5, 5.41) is 20.8. The number of aromatic amines is 1. The van der Waals surface area contributed by atoms with Gasteiger partial charge in [-0.25, -0.2) is 9.49 Å². The fourth-order valence-corrected chi connectivity index (χ4v) is 2.65. The topological polar surface area (TPSA) is 101 Å². The molecule has 8 nitrogen and oxygen atoms in total. The summed E-state index contributed by atoms with van der Waals surface area (Å²) >= 11 is 0. The average Bonchev–Trinajstić information content (AvgIpc) is 2.98. The number of hydrogen-bond donors (Lipinski definition) is 2. The van der Waals surface area contributed by atoms with Gasteiger partial charge >= 0.3 is 0 Å². The molecule has 3 heterocycles. The maximum atomic E-state index is 13.2. The van der Waals surface area contributed by atoms with Crippen LogP contribution < -0.4 is 10.9 Å². The van der Waals surface area contributed by atoms with E-state index in [1.807, 2.05) is 0 Å². The Balaban J connectivity index is 2.02. The zero-order chi connectivity index (χ0) is 15.3. The summed E-state index contributed by atoms with van der Waals surface area (Å²) in [5.41, 5.74) is 2.05. The van der Waals surface area contributed by atoms with Crippen LogP contribution in [0.25, 0.3) is 0 Å². The Bertz CT molecular complexity index is 915. The van der Waals surface area contributed by atoms with Gasteiger partial charge in [0.15, 0.2) is 0 Å². The van der Waals surface area contributed by atoms with Crippen molar-refractivity contribution < 1.29 is 4.39 Å². The molecule has 2 aromatic heterocycles. The first-order chi connectivity index (χ1) is 10.6. The number of nitrogens with one attached hydrogen (secondary N) is 2. The third-order valence-corrected chi connectivity index (χ3v) is 3.64. The summed E-state index contributed by atoms with van der Waals surface area (Å²) in [4.78, 5) is 12.1. The SMILES string of the molecule is Cc1n[nH]c(=O)c2c1[C@@H](c1ccc(F)cc1)n1nnnc1N2. The zero-order valence-corrected chi connectivity index (χ0v) is 11.4. The predicted octanol–water partition coefficient (Wildman–Crippen LogP) is 0.899. The number of fused-ring (bicyclic) bond motifs is 2. The summed E-state index contributed by atoms with van der Waals surface area (Å²) in [7, 11) is 0. The molecule has 0 saturated heterocycles. The number of aryl methyl sites for hydroxylation is 1. The fourth-order valence-electron chi connectivity index (χ4n) is 2.65. The number of rotatable bonds is 1. The Morgan fingerprint density at radius 1 is 1.27 bits per heavy atom. The van der Waals surface area contributed by atoms with Crippen LogP contribution in [0.4, 0.5) is 16.0 Å². The van der Waals surface area contributed by atoms with Gasteiger partial charge in [-0.15, -0.1) is 0 Å². The lowest BCUT2D eigenvalue weighted by molar-refractivity contribution is 0.560. The normalized spacial score (nSPS) is 15.8. The minimum absolute atomic E-state index is 0.337. The lowest BCUT2D eigenvalue weighted by Crippen LogP contribution is -2.29. The summed E-state index contributed by atoms with van der Waals surface area (Å²) in [5.74, 6) is 0.00790. The largest absolute Gasteiger partial charge is 0.318 e. The molecule has 0 aliphatic carbocycles. The second-order valence-corrected chi connectivity index (χ2v) is 4.95. The van der Waals surface area contributed by atoms with E-state index in [1.165, 1.54) is 12.1 Å². The minimum Gasteiger partial charge on any atom is -0.318 e. The van der Waals surface area contributed by atoms with Crippen molar-refractivity contribution in [2.75, 3.05) is 5.32 Å². The van der Waals surface area contributed by atoms with Crippen LogP contribution in [0.5, 0.6) is 0 Å². The molecule has 0 spiro atoms. The van der Waals surface area contributed by atoms with Gasteiger partial charge in [0.05, 0.1) is 5.69 Å². The molecule has 3 aromatic rings. The van der Waals surface area contributed by atoms with E-state index in [-0.39, 0.29) is 11.4 Å². The number of tetrazole rings is 1. The summed E-state index contributed by atoms with van der Waals surface area (Å²) in [6.07, 6.45) is 0. The van der Waals surface area contributed by atoms with E-state index in [0.717, 1.165) is 5.56 Å². The number of halogens is 1. The van der Waals surface area contributed by atoms with Crippen molar-refractivity contribution in [1.82, 2.24) is 30.4 Å². The number of hydrogen-bond acceptors (Lipinski definition) is 6. The zero-order valence-electron chi connectivity index (χ0n) is 11.4. The Hall–Kier alpha value is -3.10. The number of aromatic nitrogens is 6. The van der Waals surface area contributed by atoms with Crippen molar-refractivity contribution in [1.29, 1.82) is 0 Å². The molecular weight excluding hydrogens is 289 g/mol. The molecule has 0 bridgehead atoms. The van der Waals surface area contributed by atoms with Crippen LogP contribution in [0.1, 0.15) is 22.9 Å². The van der Waals surface area contributed by atoms with Crippen molar-refractivity contribution in [2.24, 2.45) is 0 Å². The summed E-state index contributed by atoms with van der Waals surface area (Å²) in [6.45, 7) is 1.78. The monoisotopic (exact) mass is 299 g/mol. The van der Waals surface area contributed by atoms with Crippen molar-refractivity contribution >= 4 is 11.6 Å². The van der Waals surface area contributed by atoms with Crippen LogP contribution in [0.15, 0.2) is 29.1 Å². The molecular formula is C13H10FN7O. The lowest BCUT2D eigenvalue weighted by atomic mass is 9.95. The molecule has 1 atom stereocenters. The lowest BCUT2D eigenvalue weighted by Gasteiger charge is -2.26. The number of nitrogens with zero attached hydrogens (tertiary/aromatic N) is 5. The van der Waals surface area contributed by atoms with Crippen LogP contribution in [0, 0.1) is 12.7 Å². The van der Waals surface area contributed by atoms with Crippen molar-refractivity contribution in [3.8, 4) is 0 Å². The molecule has 1 aromatic carbocycles. The smallest absolute Gasteiger partial charge is 0.288 e. The molecule has 1 aliphatic rings. The highest BCUT2D eigenvalue weighted by molar-refractivity contribution is 5.64. The number of anilines is 2. The second-order valence-electron chi connectivity index (χ2n) is 4.95. The molecule has 9 heteroatoms. The molecule has 4 rings (SSSR count). The van der Waals surface area contributed by atoms with Crippen LogP contribution >= 0.6 is 0 Å². The van der Waals surface area contributed by atoms with Crippen LogP contribution in [0.3, 0.4) is 0 Å². The third kappa shape index (κ3) is 1.72. The Labute approximate surface area is 123 Å². The van der Waals surface area contributed by atoms with E-state index in [4.69, 9.17) is 0 Å². The Morgan fingerprint density at radius 3 is 2.82 bits per heavy atom. The van der Waals surface area contributed by atoms with Gasteiger partial charge in [-0.05, 0) is 35.0 Å². The summed E-state index contributed by atoms with van der Waals surface area (Å²) < 4.78 is 14.7. The van der Waals surface area contributed by atoms with Crippen LogP contribution in [-0.4, -0.2) is 30.4 Å². The number of H-pyrrole nitrogens is 1. The highest BCUT2D eigenvalue weighted by atomic mass is 19.1. The molecule has 0 radical (unpaired) electrons. The van der Waals surface area contributed by atoms with E-state index in [9.17, 15) is 9.18 Å². The average molecular weight is 299 g/mol. The van der Waals surface area contributed by atoms with Gasteiger partial charge in [0.2, 0.25) is 5.95 Å². The second kappa shape index (κ2) is 4.45. The van der Waals surface area contributed by atoms with Crippen LogP contribution in [0.2, 0.25) is 0 Å². The standard InChI is InChI=1S/C13H10FN7O/c1-6-9-10(12(22)17-16-6)15-13-18-19-20-21(13)11(9)7-2-4-8(14)5-3-7/h2-5,11H,1H3,(H,17,22)(H,15,18,20)/t11-/m1/s1. The molecule has 0 fully saturated rings. The van der Waals surface area contributed by atoms with Crippen molar-refractivity contribution in [3.05, 3.63) is 57.3 Å². The molecule has 0 saturated carbocycles. The van der Waals surface area contributed by atoms with Gasteiger partial charge in [-0.3, -0.25) is 4.79 Å². The van der Waals surface area contributed by atoms with E-state index in [2.05, 4.69) is 31.0 Å².